The van der Waals surface area contributed by atoms with Gasteiger partial charge in [0.25, 0.3) is 11.8 Å². The van der Waals surface area contributed by atoms with E-state index in [1.165, 1.54) is 0 Å². The van der Waals surface area contributed by atoms with Gasteiger partial charge >= 0.3 is 0 Å². The number of nitrogens with zero attached hydrogens (tertiary/aromatic N) is 3. The van der Waals surface area contributed by atoms with E-state index in [-0.39, 0.29) is 11.8 Å². The number of likely N-dealkylation sites (N-methyl/N-ethyl adjacent to an activating group) is 1. The third-order valence-electron chi connectivity index (χ3n) is 6.29. The highest BCUT2D eigenvalue weighted by Gasteiger charge is 2.17. The minimum Gasteiger partial charge on any atom is -0.382 e. The van der Waals surface area contributed by atoms with Gasteiger partial charge in [0.15, 0.2) is 0 Å². The van der Waals surface area contributed by atoms with Gasteiger partial charge in [0.2, 0.25) is 0 Å². The maximum Gasteiger partial charge on any atom is 0.255 e. The predicted molar refractivity (Wildman–Crippen MR) is 152 cm³/mol. The Bertz CT molecular complexity index is 1230. The van der Waals surface area contributed by atoms with E-state index in [0.29, 0.717) is 43.2 Å². The fourth-order valence-corrected chi connectivity index (χ4v) is 4.08. The van der Waals surface area contributed by atoms with Crippen LogP contribution in [0.1, 0.15) is 40.1 Å². The van der Waals surface area contributed by atoms with Crippen molar-refractivity contribution in [3.05, 3.63) is 77.5 Å². The van der Waals surface area contributed by atoms with Gasteiger partial charge in [-0.25, -0.2) is 0 Å². The van der Waals surface area contributed by atoms with E-state index in [1.54, 1.807) is 49.5 Å². The van der Waals surface area contributed by atoms with Gasteiger partial charge in [-0.3, -0.25) is 14.6 Å². The number of benzene rings is 2. The first kappa shape index (κ1) is 28.8. The van der Waals surface area contributed by atoms with Crippen molar-refractivity contribution >= 4 is 23.2 Å². The Labute approximate surface area is 225 Å². The third-order valence-corrected chi connectivity index (χ3v) is 6.29. The summed E-state index contributed by atoms with van der Waals surface area (Å²) in [7, 11) is 3.33. The normalized spacial score (nSPS) is 10.8. The minimum absolute atomic E-state index is 0.178. The molecule has 0 bridgehead atoms. The van der Waals surface area contributed by atoms with Crippen LogP contribution in [-0.2, 0) is 9.47 Å². The molecule has 3 aromatic rings. The van der Waals surface area contributed by atoms with Crippen molar-refractivity contribution in [1.29, 1.82) is 0 Å². The zero-order valence-corrected chi connectivity index (χ0v) is 23.0. The van der Waals surface area contributed by atoms with Gasteiger partial charge in [-0.1, -0.05) is 6.07 Å². The molecule has 1 N–H and O–H groups in total. The first-order valence-electron chi connectivity index (χ1n) is 12.9. The molecule has 3 rings (SSSR count). The molecule has 0 aliphatic rings. The molecule has 202 valence electrons. The third kappa shape index (κ3) is 7.63. The van der Waals surface area contributed by atoms with Crippen LogP contribution in [-0.4, -0.2) is 75.3 Å². The van der Waals surface area contributed by atoms with E-state index in [4.69, 9.17) is 9.47 Å². The second kappa shape index (κ2) is 14.3. The molecule has 1 aromatic heterocycles. The van der Waals surface area contributed by atoms with Gasteiger partial charge in [0.05, 0.1) is 31.2 Å². The van der Waals surface area contributed by atoms with E-state index in [0.717, 1.165) is 35.6 Å². The fraction of sp³-hybridized carbons (Fsp3) is 0.367. The Kier molecular flexibility index (Phi) is 10.8. The number of methoxy groups -OCH3 is 1. The Balaban J connectivity index is 1.81. The standard InChI is InChI=1S/C30H38N4O4/c1-6-34(7-2)25-11-12-27(26(21-25)28-19-22(3)13-14-31-28)32-29(35)23-9-8-10-24(20-23)30(36)33(4)15-16-38-18-17-37-5/h8-14,19-21H,6-7,15-18H2,1-5H3,(H,32,35). The van der Waals surface area contributed by atoms with Crippen LogP contribution in [0.25, 0.3) is 11.3 Å². The maximum absolute atomic E-state index is 13.3. The van der Waals surface area contributed by atoms with Crippen LogP contribution in [0.2, 0.25) is 0 Å². The summed E-state index contributed by atoms with van der Waals surface area (Å²) in [6.07, 6.45) is 1.77. The first-order valence-corrected chi connectivity index (χ1v) is 12.9. The highest BCUT2D eigenvalue weighted by Crippen LogP contribution is 2.32. The first-order chi connectivity index (χ1) is 18.4. The number of aryl methyl sites for hydroxylation is 1. The summed E-state index contributed by atoms with van der Waals surface area (Å²) in [4.78, 5) is 34.6. The lowest BCUT2D eigenvalue weighted by molar-refractivity contribution is 0.0531. The summed E-state index contributed by atoms with van der Waals surface area (Å²) in [5.41, 5.74) is 5.27. The number of ether oxygens (including phenoxy) is 2. The average Bonchev–Trinajstić information content (AvgIpc) is 2.93. The summed E-state index contributed by atoms with van der Waals surface area (Å²) in [5.74, 6) is -0.474. The molecule has 1 heterocycles. The number of anilines is 2. The second-order valence-electron chi connectivity index (χ2n) is 8.99. The topological polar surface area (TPSA) is 84.0 Å². The predicted octanol–water partition coefficient (Wildman–Crippen LogP) is 4.89. The van der Waals surface area contributed by atoms with Crippen molar-refractivity contribution < 1.29 is 19.1 Å². The number of rotatable bonds is 13. The second-order valence-corrected chi connectivity index (χ2v) is 8.99. The minimum atomic E-state index is -0.297. The highest BCUT2D eigenvalue weighted by atomic mass is 16.5. The largest absolute Gasteiger partial charge is 0.382 e. The molecule has 8 heteroatoms. The van der Waals surface area contributed by atoms with E-state index < -0.39 is 0 Å². The molecule has 0 fully saturated rings. The molecule has 38 heavy (non-hydrogen) atoms. The van der Waals surface area contributed by atoms with Crippen LogP contribution in [0.5, 0.6) is 0 Å². The molecule has 0 spiro atoms. The lowest BCUT2D eigenvalue weighted by Crippen LogP contribution is -2.30. The molecule has 2 amide bonds. The number of carbonyl (C=O) groups is 2. The monoisotopic (exact) mass is 518 g/mol. The van der Waals surface area contributed by atoms with Crippen LogP contribution < -0.4 is 10.2 Å². The Hall–Kier alpha value is -3.75. The molecule has 0 aliphatic carbocycles. The summed E-state index contributed by atoms with van der Waals surface area (Å²) in [5, 5.41) is 3.04. The Morgan fingerprint density at radius 1 is 0.947 bits per heavy atom. The summed E-state index contributed by atoms with van der Waals surface area (Å²) in [6.45, 7) is 9.82. The van der Waals surface area contributed by atoms with Crippen molar-refractivity contribution in [2.45, 2.75) is 20.8 Å². The summed E-state index contributed by atoms with van der Waals surface area (Å²) in [6, 6.07) is 16.7. The SMILES string of the molecule is CCN(CC)c1ccc(NC(=O)c2cccc(C(=O)N(C)CCOCCOC)c2)c(-c2cc(C)ccn2)c1. The number of nitrogens with one attached hydrogen (secondary N) is 1. The molecule has 0 radical (unpaired) electrons. The molecule has 8 nitrogen and oxygen atoms in total. The number of carbonyl (C=O) groups excluding carboxylic acids is 2. The van der Waals surface area contributed by atoms with Gasteiger partial charge in [-0.15, -0.1) is 0 Å². The van der Waals surface area contributed by atoms with Gasteiger partial charge in [0, 0.05) is 62.4 Å². The van der Waals surface area contributed by atoms with Gasteiger partial charge < -0.3 is 24.6 Å². The number of hydrogen-bond donors (Lipinski definition) is 1. The van der Waals surface area contributed by atoms with Crippen molar-refractivity contribution in [2.75, 3.05) is 63.8 Å². The molecule has 0 saturated carbocycles. The van der Waals surface area contributed by atoms with Gasteiger partial charge in [0.1, 0.15) is 0 Å². The van der Waals surface area contributed by atoms with Crippen molar-refractivity contribution in [2.24, 2.45) is 0 Å². The fourth-order valence-electron chi connectivity index (χ4n) is 4.08. The van der Waals surface area contributed by atoms with Crippen LogP contribution in [0.3, 0.4) is 0 Å². The number of amides is 2. The summed E-state index contributed by atoms with van der Waals surface area (Å²) < 4.78 is 10.4. The highest BCUT2D eigenvalue weighted by molar-refractivity contribution is 6.07. The van der Waals surface area contributed by atoms with Gasteiger partial charge in [-0.05, 0) is 74.9 Å². The van der Waals surface area contributed by atoms with E-state index in [2.05, 4.69) is 35.1 Å². The van der Waals surface area contributed by atoms with E-state index >= 15 is 0 Å². The number of aromatic nitrogens is 1. The average molecular weight is 519 g/mol. The zero-order chi connectivity index (χ0) is 27.5. The van der Waals surface area contributed by atoms with Crippen LogP contribution >= 0.6 is 0 Å². The molecule has 2 aromatic carbocycles. The van der Waals surface area contributed by atoms with E-state index in [9.17, 15) is 9.59 Å². The summed E-state index contributed by atoms with van der Waals surface area (Å²) >= 11 is 0. The molecular formula is C30H38N4O4. The van der Waals surface area contributed by atoms with Crippen molar-refractivity contribution in [3.8, 4) is 11.3 Å². The Morgan fingerprint density at radius 2 is 1.71 bits per heavy atom. The van der Waals surface area contributed by atoms with Crippen LogP contribution in [0.4, 0.5) is 11.4 Å². The number of hydrogen-bond acceptors (Lipinski definition) is 6. The lowest BCUT2D eigenvalue weighted by Gasteiger charge is -2.23. The maximum atomic E-state index is 13.3. The lowest BCUT2D eigenvalue weighted by atomic mass is 10.0. The molecular weight excluding hydrogens is 480 g/mol. The Morgan fingerprint density at radius 3 is 2.42 bits per heavy atom. The zero-order valence-electron chi connectivity index (χ0n) is 23.0. The molecule has 0 aliphatic heterocycles. The molecule has 0 saturated heterocycles. The van der Waals surface area contributed by atoms with Crippen LogP contribution in [0, 0.1) is 6.92 Å². The van der Waals surface area contributed by atoms with Crippen molar-refractivity contribution in [3.63, 3.8) is 0 Å². The number of pyridine rings is 1. The molecule has 0 unspecified atom stereocenters. The quantitative estimate of drug-likeness (QED) is 0.325. The van der Waals surface area contributed by atoms with E-state index in [1.807, 2.05) is 31.2 Å². The smallest absolute Gasteiger partial charge is 0.255 e. The van der Waals surface area contributed by atoms with Crippen LogP contribution in [0.15, 0.2) is 60.8 Å². The molecule has 0 atom stereocenters. The van der Waals surface area contributed by atoms with Crippen molar-refractivity contribution in [1.82, 2.24) is 9.88 Å². The van der Waals surface area contributed by atoms with Gasteiger partial charge in [-0.2, -0.15) is 0 Å².